The fourth-order valence-electron chi connectivity index (χ4n) is 2.43. The molecule has 0 unspecified atom stereocenters. The molecule has 0 radical (unpaired) electrons. The van der Waals surface area contributed by atoms with Crippen LogP contribution in [-0.2, 0) is 4.79 Å². The highest BCUT2D eigenvalue weighted by molar-refractivity contribution is 7.99. The van der Waals surface area contributed by atoms with E-state index in [0.717, 1.165) is 15.4 Å². The van der Waals surface area contributed by atoms with E-state index in [1.165, 1.54) is 23.9 Å². The van der Waals surface area contributed by atoms with Crippen molar-refractivity contribution in [1.29, 1.82) is 0 Å². The first-order valence-electron chi connectivity index (χ1n) is 8.51. The monoisotopic (exact) mass is 394 g/mol. The second-order valence-electron chi connectivity index (χ2n) is 6.03. The maximum atomic E-state index is 12.0. The highest BCUT2D eigenvalue weighted by atomic mass is 32.2. The first-order chi connectivity index (χ1) is 13.5. The number of aryl methyl sites for hydroxylation is 1. The van der Waals surface area contributed by atoms with Gasteiger partial charge in [-0.2, -0.15) is 0 Å². The predicted molar refractivity (Wildman–Crippen MR) is 109 cm³/mol. The predicted octanol–water partition coefficient (Wildman–Crippen LogP) is 5.07. The number of benzene rings is 3. The smallest absolute Gasteiger partial charge is 0.269 e. The van der Waals surface area contributed by atoms with Crippen LogP contribution in [-0.4, -0.2) is 17.4 Å². The average molecular weight is 394 g/mol. The lowest BCUT2D eigenvalue weighted by atomic mass is 10.2. The van der Waals surface area contributed by atoms with E-state index >= 15 is 0 Å². The molecule has 1 N–H and O–H groups in total. The molecular formula is C21H18N2O4S. The van der Waals surface area contributed by atoms with Crippen molar-refractivity contribution in [2.45, 2.75) is 16.7 Å². The fraction of sp³-hybridized carbons (Fsp3) is 0.0952. The Morgan fingerprint density at radius 3 is 2.29 bits per heavy atom. The van der Waals surface area contributed by atoms with E-state index in [-0.39, 0.29) is 18.2 Å². The Hall–Kier alpha value is -3.32. The van der Waals surface area contributed by atoms with Gasteiger partial charge in [0.05, 0.1) is 4.92 Å². The van der Waals surface area contributed by atoms with Gasteiger partial charge in [-0.1, -0.05) is 23.9 Å². The van der Waals surface area contributed by atoms with E-state index in [1.807, 2.05) is 43.3 Å². The van der Waals surface area contributed by atoms with Crippen LogP contribution in [0.2, 0.25) is 0 Å². The van der Waals surface area contributed by atoms with Gasteiger partial charge in [0, 0.05) is 27.6 Å². The van der Waals surface area contributed by atoms with E-state index in [0.29, 0.717) is 11.4 Å². The van der Waals surface area contributed by atoms with Crippen LogP contribution in [0, 0.1) is 17.0 Å². The zero-order valence-electron chi connectivity index (χ0n) is 15.1. The summed E-state index contributed by atoms with van der Waals surface area (Å²) < 4.78 is 5.49. The average Bonchev–Trinajstić information content (AvgIpc) is 2.68. The molecule has 0 aliphatic carbocycles. The molecular weight excluding hydrogens is 376 g/mol. The van der Waals surface area contributed by atoms with Crippen molar-refractivity contribution in [3.63, 3.8) is 0 Å². The van der Waals surface area contributed by atoms with Gasteiger partial charge in [-0.25, -0.2) is 0 Å². The molecule has 0 saturated carbocycles. The number of carbonyl (C=O) groups excluding carboxylic acids is 1. The number of ether oxygens (including phenoxy) is 1. The van der Waals surface area contributed by atoms with E-state index in [4.69, 9.17) is 4.74 Å². The van der Waals surface area contributed by atoms with Gasteiger partial charge >= 0.3 is 0 Å². The highest BCUT2D eigenvalue weighted by Gasteiger charge is 2.06. The molecule has 0 fully saturated rings. The van der Waals surface area contributed by atoms with Crippen molar-refractivity contribution >= 4 is 29.0 Å². The second kappa shape index (κ2) is 9.05. The van der Waals surface area contributed by atoms with Crippen LogP contribution in [0.5, 0.6) is 5.75 Å². The Morgan fingerprint density at radius 2 is 1.68 bits per heavy atom. The van der Waals surface area contributed by atoms with Gasteiger partial charge in [0.25, 0.3) is 11.6 Å². The summed E-state index contributed by atoms with van der Waals surface area (Å²) in [7, 11) is 0. The number of hydrogen-bond donors (Lipinski definition) is 1. The van der Waals surface area contributed by atoms with Gasteiger partial charge in [0.15, 0.2) is 6.61 Å². The summed E-state index contributed by atoms with van der Waals surface area (Å²) in [5.41, 5.74) is 1.81. The Kier molecular flexibility index (Phi) is 6.29. The lowest BCUT2D eigenvalue weighted by molar-refractivity contribution is -0.384. The Morgan fingerprint density at radius 1 is 1.04 bits per heavy atom. The second-order valence-corrected chi connectivity index (χ2v) is 7.18. The number of carbonyl (C=O) groups is 1. The number of anilines is 1. The highest BCUT2D eigenvalue weighted by Crippen LogP contribution is 2.29. The van der Waals surface area contributed by atoms with Gasteiger partial charge < -0.3 is 10.1 Å². The summed E-state index contributed by atoms with van der Waals surface area (Å²) in [6.45, 7) is 1.89. The first kappa shape index (κ1) is 19.4. The van der Waals surface area contributed by atoms with E-state index < -0.39 is 4.92 Å². The number of nitrogens with one attached hydrogen (secondary N) is 1. The van der Waals surface area contributed by atoms with E-state index in [1.54, 1.807) is 24.3 Å². The van der Waals surface area contributed by atoms with Crippen molar-refractivity contribution in [3.05, 3.63) is 88.5 Å². The van der Waals surface area contributed by atoms with E-state index in [2.05, 4.69) is 5.32 Å². The maximum absolute atomic E-state index is 12.0. The minimum atomic E-state index is -0.422. The van der Waals surface area contributed by atoms with Gasteiger partial charge in [-0.3, -0.25) is 14.9 Å². The van der Waals surface area contributed by atoms with Crippen molar-refractivity contribution < 1.29 is 14.5 Å². The van der Waals surface area contributed by atoms with Crippen LogP contribution in [0.25, 0.3) is 0 Å². The number of nitro groups is 1. The fourth-order valence-corrected chi connectivity index (χ4v) is 3.25. The zero-order chi connectivity index (χ0) is 19.9. The Labute approximate surface area is 166 Å². The first-order valence-corrected chi connectivity index (χ1v) is 9.33. The van der Waals surface area contributed by atoms with Crippen LogP contribution >= 0.6 is 11.8 Å². The normalized spacial score (nSPS) is 10.3. The van der Waals surface area contributed by atoms with Gasteiger partial charge in [-0.15, -0.1) is 0 Å². The molecule has 0 saturated heterocycles. The molecule has 6 nitrogen and oxygen atoms in total. The Balaban J connectivity index is 1.52. The summed E-state index contributed by atoms with van der Waals surface area (Å²) in [4.78, 5) is 24.2. The van der Waals surface area contributed by atoms with Crippen molar-refractivity contribution in [3.8, 4) is 5.75 Å². The maximum Gasteiger partial charge on any atom is 0.269 e. The third-order valence-corrected chi connectivity index (χ3v) is 4.80. The van der Waals surface area contributed by atoms with Crippen LogP contribution in [0.3, 0.4) is 0 Å². The largest absolute Gasteiger partial charge is 0.484 e. The minimum Gasteiger partial charge on any atom is -0.484 e. The molecule has 7 heteroatoms. The third kappa shape index (κ3) is 5.59. The minimum absolute atomic E-state index is 0.0651. The van der Waals surface area contributed by atoms with Gasteiger partial charge in [-0.05, 0) is 61.0 Å². The molecule has 3 aromatic rings. The van der Waals surface area contributed by atoms with Crippen LogP contribution < -0.4 is 10.1 Å². The molecule has 142 valence electrons. The molecule has 28 heavy (non-hydrogen) atoms. The number of nitrogens with zero attached hydrogens (tertiary/aromatic N) is 1. The zero-order valence-corrected chi connectivity index (χ0v) is 15.9. The number of amides is 1. The van der Waals surface area contributed by atoms with Crippen LogP contribution in [0.15, 0.2) is 82.6 Å². The summed E-state index contributed by atoms with van der Waals surface area (Å²) in [6, 6.07) is 21.3. The molecule has 3 rings (SSSR count). The van der Waals surface area contributed by atoms with Crippen molar-refractivity contribution in [2.75, 3.05) is 11.9 Å². The van der Waals surface area contributed by atoms with Crippen LogP contribution in [0.4, 0.5) is 11.4 Å². The molecule has 0 atom stereocenters. The number of hydrogen-bond acceptors (Lipinski definition) is 5. The van der Waals surface area contributed by atoms with Crippen molar-refractivity contribution in [1.82, 2.24) is 0 Å². The molecule has 0 heterocycles. The summed E-state index contributed by atoms with van der Waals surface area (Å²) in [5, 5.41) is 13.5. The molecule has 0 aromatic heterocycles. The molecule has 0 aliphatic heterocycles. The number of non-ortho nitro benzene ring substituents is 1. The summed E-state index contributed by atoms with van der Waals surface area (Å²) in [6.07, 6.45) is 0. The lowest BCUT2D eigenvalue weighted by Crippen LogP contribution is -2.20. The third-order valence-electron chi connectivity index (χ3n) is 3.78. The molecule has 0 aliphatic rings. The lowest BCUT2D eigenvalue weighted by Gasteiger charge is -2.09. The van der Waals surface area contributed by atoms with E-state index in [9.17, 15) is 14.9 Å². The number of nitro benzene ring substituents is 1. The molecule has 1 amide bonds. The molecule has 0 spiro atoms. The summed E-state index contributed by atoms with van der Waals surface area (Å²) in [5.74, 6) is 0.419. The SMILES string of the molecule is Cc1cccc(OCC(=O)Nc2ccc(Sc3ccc([N+](=O)[O-])cc3)cc2)c1. The molecule has 3 aromatic carbocycles. The molecule has 0 bridgehead atoms. The van der Waals surface area contributed by atoms with Gasteiger partial charge in [0.2, 0.25) is 0 Å². The van der Waals surface area contributed by atoms with Crippen molar-refractivity contribution in [2.24, 2.45) is 0 Å². The summed E-state index contributed by atoms with van der Waals surface area (Å²) >= 11 is 1.48. The van der Waals surface area contributed by atoms with Crippen LogP contribution in [0.1, 0.15) is 5.56 Å². The number of rotatable bonds is 7. The Bertz CT molecular complexity index is 972. The standard InChI is InChI=1S/C21H18N2O4S/c1-15-3-2-4-18(13-15)27-14-21(24)22-16-5-9-19(10-6-16)28-20-11-7-17(8-12-20)23(25)26/h2-13H,14H2,1H3,(H,22,24). The topological polar surface area (TPSA) is 81.5 Å². The quantitative estimate of drug-likeness (QED) is 0.447. The van der Waals surface area contributed by atoms with Gasteiger partial charge in [0.1, 0.15) is 5.75 Å².